The first-order valence-electron chi connectivity index (χ1n) is 14.0. The Kier molecular flexibility index (Phi) is 7.72. The van der Waals surface area contributed by atoms with E-state index < -0.39 is 20.7 Å². The van der Waals surface area contributed by atoms with E-state index in [0.717, 1.165) is 41.2 Å². The number of halogens is 1. The Bertz CT molecular complexity index is 1900. The highest BCUT2D eigenvalue weighted by atomic mass is 32.2. The maximum Gasteiger partial charge on any atom is 0.264 e. The summed E-state index contributed by atoms with van der Waals surface area (Å²) in [4.78, 5) is 41.1. The highest BCUT2D eigenvalue weighted by Gasteiger charge is 2.42. The number of amides is 1. The Morgan fingerprint density at radius 1 is 1.00 bits per heavy atom. The van der Waals surface area contributed by atoms with Gasteiger partial charge in [-0.3, -0.25) is 14.3 Å². The van der Waals surface area contributed by atoms with E-state index in [1.54, 1.807) is 12.3 Å². The van der Waals surface area contributed by atoms with Gasteiger partial charge in [0.05, 0.1) is 12.6 Å². The second-order valence-electron chi connectivity index (χ2n) is 10.7. The number of nitrogens with one attached hydrogen (secondary N) is 1. The van der Waals surface area contributed by atoms with Gasteiger partial charge in [0.2, 0.25) is 11.8 Å². The van der Waals surface area contributed by atoms with Gasteiger partial charge in [0.15, 0.2) is 5.78 Å². The molecule has 1 N–H and O–H groups in total. The number of ketones is 1. The van der Waals surface area contributed by atoms with Gasteiger partial charge in [-0.05, 0) is 61.7 Å². The fourth-order valence-corrected chi connectivity index (χ4v) is 7.02. The second kappa shape index (κ2) is 11.6. The van der Waals surface area contributed by atoms with E-state index in [4.69, 9.17) is 4.74 Å². The van der Waals surface area contributed by atoms with Gasteiger partial charge in [0.1, 0.15) is 28.5 Å². The topological polar surface area (TPSA) is 135 Å². The summed E-state index contributed by atoms with van der Waals surface area (Å²) in [5, 5.41) is 0.782. The number of sulfonamides is 1. The Morgan fingerprint density at radius 2 is 1.75 bits per heavy atom. The van der Waals surface area contributed by atoms with Crippen molar-refractivity contribution in [3.8, 4) is 17.0 Å². The van der Waals surface area contributed by atoms with E-state index in [0.29, 0.717) is 18.7 Å². The lowest BCUT2D eigenvalue weighted by molar-refractivity contribution is -0.129. The number of anilines is 2. The monoisotopic (exact) mass is 616 g/mol. The van der Waals surface area contributed by atoms with Crippen LogP contribution in [0.1, 0.15) is 19.8 Å². The molecule has 1 amide bonds. The molecule has 4 aromatic rings. The molecule has 11 nitrogen and oxygen atoms in total. The average molecular weight is 617 g/mol. The van der Waals surface area contributed by atoms with Crippen LogP contribution in [0.2, 0.25) is 0 Å². The molecule has 2 aromatic carbocycles. The summed E-state index contributed by atoms with van der Waals surface area (Å²) in [5.74, 6) is -0.456. The zero-order chi connectivity index (χ0) is 31.0. The van der Waals surface area contributed by atoms with E-state index in [1.165, 1.54) is 50.7 Å². The highest BCUT2D eigenvalue weighted by Crippen LogP contribution is 2.37. The zero-order valence-electron chi connectivity index (χ0n) is 24.0. The van der Waals surface area contributed by atoms with Gasteiger partial charge in [0, 0.05) is 48.4 Å². The summed E-state index contributed by atoms with van der Waals surface area (Å²) in [6.07, 6.45) is 7.44. The number of hydrogen-bond donors (Lipinski definition) is 1. The zero-order valence-corrected chi connectivity index (χ0v) is 24.8. The molecule has 2 aliphatic rings. The van der Waals surface area contributed by atoms with Crippen LogP contribution >= 0.6 is 0 Å². The van der Waals surface area contributed by atoms with Crippen molar-refractivity contribution < 1.29 is 27.1 Å². The fraction of sp³-hybridized carbons (Fsp3) is 0.258. The fourth-order valence-electron chi connectivity index (χ4n) is 5.89. The number of methoxy groups -OCH3 is 1. The smallest absolute Gasteiger partial charge is 0.264 e. The third kappa shape index (κ3) is 5.57. The molecule has 0 aliphatic carbocycles. The Labute approximate surface area is 253 Å². The number of aromatic nitrogens is 3. The van der Waals surface area contributed by atoms with Crippen LogP contribution in [0.5, 0.6) is 5.88 Å². The summed E-state index contributed by atoms with van der Waals surface area (Å²) in [6.45, 7) is 2.58. The van der Waals surface area contributed by atoms with E-state index in [9.17, 15) is 22.4 Å². The van der Waals surface area contributed by atoms with Crippen LogP contribution in [-0.2, 0) is 19.6 Å². The maximum absolute atomic E-state index is 14.3. The van der Waals surface area contributed by atoms with Crippen LogP contribution in [0, 0.1) is 5.82 Å². The molecular formula is C31H29FN6O5S. The van der Waals surface area contributed by atoms with E-state index in [1.807, 2.05) is 23.1 Å². The minimum Gasteiger partial charge on any atom is -0.480 e. The summed E-state index contributed by atoms with van der Waals surface area (Å²) in [5.41, 5.74) is 2.08. The van der Waals surface area contributed by atoms with Crippen molar-refractivity contribution in [2.45, 2.75) is 36.7 Å². The minimum absolute atomic E-state index is 0.0122. The number of fused-ring (bicyclic) bond motifs is 3. The Balaban J connectivity index is 1.32. The molecule has 2 aromatic heterocycles. The van der Waals surface area contributed by atoms with Gasteiger partial charge in [0.25, 0.3) is 10.0 Å². The molecule has 2 bridgehead atoms. The summed E-state index contributed by atoms with van der Waals surface area (Å²) in [6, 6.07) is 12.3. The first kappa shape index (κ1) is 29.2. The standard InChI is InChI=1S/C31H29FN6O5S/c1-19(39)7-12-29(40)38-22-9-10-23(38)17-37(16-22)30-24-13-20(8-11-26(24)34-18-35-30)21-14-27(31(43-2)33-15-21)36-44(41,42)28-6-4-3-5-25(28)32/h3-8,11-15,18,22-23,36H,9-10,16-17H2,1-2H3/b12-7+. The van der Waals surface area contributed by atoms with Gasteiger partial charge in [-0.15, -0.1) is 0 Å². The van der Waals surface area contributed by atoms with Crippen molar-refractivity contribution in [3.63, 3.8) is 0 Å². The lowest BCUT2D eigenvalue weighted by Crippen LogP contribution is -2.55. The number of rotatable bonds is 8. The van der Waals surface area contributed by atoms with E-state index >= 15 is 0 Å². The van der Waals surface area contributed by atoms with Crippen molar-refractivity contribution in [3.05, 3.63) is 79.0 Å². The number of carbonyl (C=O) groups is 2. The first-order valence-corrected chi connectivity index (χ1v) is 15.5. The third-order valence-corrected chi connectivity index (χ3v) is 9.26. The molecule has 2 aliphatic heterocycles. The molecule has 4 heterocycles. The molecule has 226 valence electrons. The van der Waals surface area contributed by atoms with Gasteiger partial charge < -0.3 is 14.5 Å². The molecule has 0 radical (unpaired) electrons. The van der Waals surface area contributed by atoms with Crippen molar-refractivity contribution in [1.29, 1.82) is 0 Å². The first-order chi connectivity index (χ1) is 21.1. The van der Waals surface area contributed by atoms with Gasteiger partial charge in [-0.2, -0.15) is 0 Å². The maximum atomic E-state index is 14.3. The van der Waals surface area contributed by atoms with Crippen LogP contribution < -0.4 is 14.4 Å². The SMILES string of the molecule is COc1ncc(-c2ccc3ncnc(N4CC5CCC(C4)N5C(=O)/C=C/C(C)=O)c3c2)cc1NS(=O)(=O)c1ccccc1F. The molecule has 13 heteroatoms. The Hall–Kier alpha value is -4.91. The van der Waals surface area contributed by atoms with Crippen LogP contribution in [-0.4, -0.2) is 72.2 Å². The lowest BCUT2D eigenvalue weighted by atomic mass is 10.0. The summed E-state index contributed by atoms with van der Waals surface area (Å²) in [7, 11) is -2.91. The third-order valence-electron chi connectivity index (χ3n) is 7.86. The number of carbonyl (C=O) groups excluding carboxylic acids is 2. The minimum atomic E-state index is -4.28. The number of ether oxygens (including phenoxy) is 1. The quantitative estimate of drug-likeness (QED) is 0.292. The molecule has 6 rings (SSSR count). The van der Waals surface area contributed by atoms with Crippen LogP contribution in [0.3, 0.4) is 0 Å². The molecule has 0 saturated carbocycles. The molecule has 2 atom stereocenters. The van der Waals surface area contributed by atoms with Crippen molar-refractivity contribution >= 4 is 44.1 Å². The van der Waals surface area contributed by atoms with Crippen molar-refractivity contribution in [2.75, 3.05) is 29.8 Å². The predicted octanol–water partition coefficient (Wildman–Crippen LogP) is 3.97. The van der Waals surface area contributed by atoms with Crippen LogP contribution in [0.15, 0.2) is 78.1 Å². The molecule has 2 unspecified atom stereocenters. The molecule has 2 fully saturated rings. The second-order valence-corrected chi connectivity index (χ2v) is 12.4. The van der Waals surface area contributed by atoms with Gasteiger partial charge >= 0.3 is 0 Å². The number of piperazine rings is 1. The number of pyridine rings is 1. The highest BCUT2D eigenvalue weighted by molar-refractivity contribution is 7.92. The number of allylic oxidation sites excluding steroid dienone is 1. The number of hydrogen-bond acceptors (Lipinski definition) is 9. The lowest BCUT2D eigenvalue weighted by Gasteiger charge is -2.41. The van der Waals surface area contributed by atoms with Gasteiger partial charge in [-0.25, -0.2) is 27.8 Å². The predicted molar refractivity (Wildman–Crippen MR) is 162 cm³/mol. The molecule has 0 spiro atoms. The number of nitrogens with zero attached hydrogens (tertiary/aromatic N) is 5. The van der Waals surface area contributed by atoms with Crippen LogP contribution in [0.25, 0.3) is 22.0 Å². The van der Waals surface area contributed by atoms with E-state index in [-0.39, 0.29) is 35.3 Å². The normalized spacial score (nSPS) is 18.2. The number of benzene rings is 2. The van der Waals surface area contributed by atoms with Crippen molar-refractivity contribution in [2.24, 2.45) is 0 Å². The molecule has 2 saturated heterocycles. The van der Waals surface area contributed by atoms with E-state index in [2.05, 4.69) is 24.6 Å². The van der Waals surface area contributed by atoms with Crippen molar-refractivity contribution in [1.82, 2.24) is 19.9 Å². The average Bonchev–Trinajstić information content (AvgIpc) is 3.28. The van der Waals surface area contributed by atoms with Gasteiger partial charge in [-0.1, -0.05) is 18.2 Å². The van der Waals surface area contributed by atoms with Crippen LogP contribution in [0.4, 0.5) is 15.9 Å². The summed E-state index contributed by atoms with van der Waals surface area (Å²) >= 11 is 0. The molecular weight excluding hydrogens is 587 g/mol. The Morgan fingerprint density at radius 3 is 2.45 bits per heavy atom. The largest absolute Gasteiger partial charge is 0.480 e. The summed E-state index contributed by atoms with van der Waals surface area (Å²) < 4.78 is 48.1. The molecule has 44 heavy (non-hydrogen) atoms.